The number of aromatic nitrogens is 3. The molecule has 0 fully saturated rings. The van der Waals surface area contributed by atoms with E-state index in [0.29, 0.717) is 74.7 Å². The predicted molar refractivity (Wildman–Crippen MR) is 186 cm³/mol. The average molecular weight is 724 g/mol. The molecule has 18 heteroatoms. The molecular weight excluding hydrogens is 691 g/mol. The Hall–Kier alpha value is -4.66. The zero-order chi connectivity index (χ0) is 36.0. The SMILES string of the molecule is CCN(CC(=O)O)c1ccc(N=C2C(C(C)(C)C)=Nn3nc(-c4ccc(NC(=O)c5cc(SOOO)cc(SOOO)c5)cc4)nc32)c(C)c1. The van der Waals surface area contributed by atoms with Gasteiger partial charge in [0.2, 0.25) is 5.82 Å². The lowest BCUT2D eigenvalue weighted by molar-refractivity contribution is -0.432. The fraction of sp³-hybridized carbons (Fsp3) is 0.250. The molecule has 1 amide bonds. The lowest BCUT2D eigenvalue weighted by Gasteiger charge is -2.22. The van der Waals surface area contributed by atoms with Crippen molar-refractivity contribution in [2.75, 3.05) is 23.3 Å². The Balaban J connectivity index is 1.38. The van der Waals surface area contributed by atoms with Crippen LogP contribution in [0.5, 0.6) is 0 Å². The molecule has 5 rings (SSSR count). The van der Waals surface area contributed by atoms with Crippen LogP contribution in [0.4, 0.5) is 17.1 Å². The molecule has 0 saturated heterocycles. The monoisotopic (exact) mass is 723 g/mol. The van der Waals surface area contributed by atoms with Gasteiger partial charge in [-0.1, -0.05) is 30.8 Å². The highest BCUT2D eigenvalue weighted by Crippen LogP contribution is 2.32. The van der Waals surface area contributed by atoms with Gasteiger partial charge in [-0.2, -0.15) is 5.10 Å². The van der Waals surface area contributed by atoms with Gasteiger partial charge in [-0.05, 0) is 80.1 Å². The number of fused-ring (bicyclic) bond motifs is 1. The van der Waals surface area contributed by atoms with Gasteiger partial charge < -0.3 is 15.3 Å². The third kappa shape index (κ3) is 8.73. The Kier molecular flexibility index (Phi) is 11.7. The zero-order valence-electron chi connectivity index (χ0n) is 27.5. The number of rotatable bonds is 14. The predicted octanol–water partition coefficient (Wildman–Crippen LogP) is 6.66. The minimum Gasteiger partial charge on any atom is -0.480 e. The van der Waals surface area contributed by atoms with Crippen LogP contribution in [0.2, 0.25) is 0 Å². The Morgan fingerprint density at radius 3 is 2.20 bits per heavy atom. The second-order valence-electron chi connectivity index (χ2n) is 11.9. The van der Waals surface area contributed by atoms with Crippen molar-refractivity contribution < 1.29 is 44.0 Å². The second-order valence-corrected chi connectivity index (χ2v) is 13.4. The molecule has 0 radical (unpaired) electrons. The first kappa shape index (κ1) is 36.6. The maximum absolute atomic E-state index is 13.1. The van der Waals surface area contributed by atoms with E-state index in [2.05, 4.69) is 29.2 Å². The molecule has 262 valence electrons. The molecule has 0 aliphatic carbocycles. The van der Waals surface area contributed by atoms with E-state index in [9.17, 15) is 14.7 Å². The van der Waals surface area contributed by atoms with Gasteiger partial charge in [0.05, 0.1) is 35.5 Å². The van der Waals surface area contributed by atoms with Gasteiger partial charge in [0, 0.05) is 44.3 Å². The summed E-state index contributed by atoms with van der Waals surface area (Å²) in [4.78, 5) is 38.2. The number of carboxylic acid groups (broad SMARTS) is 1. The number of nitrogens with zero attached hydrogens (tertiary/aromatic N) is 6. The van der Waals surface area contributed by atoms with Crippen LogP contribution in [-0.4, -0.2) is 66.9 Å². The van der Waals surface area contributed by atoms with Crippen molar-refractivity contribution in [2.45, 2.75) is 44.4 Å². The van der Waals surface area contributed by atoms with E-state index in [1.807, 2.05) is 52.8 Å². The van der Waals surface area contributed by atoms with E-state index in [-0.39, 0.29) is 17.5 Å². The minimum atomic E-state index is -0.904. The van der Waals surface area contributed by atoms with Crippen molar-refractivity contribution in [2.24, 2.45) is 15.5 Å². The van der Waals surface area contributed by atoms with E-state index in [4.69, 9.17) is 25.6 Å². The van der Waals surface area contributed by atoms with Crippen LogP contribution in [0.15, 0.2) is 80.5 Å². The summed E-state index contributed by atoms with van der Waals surface area (Å²) in [6, 6.07) is 17.1. The Morgan fingerprint density at radius 2 is 1.64 bits per heavy atom. The lowest BCUT2D eigenvalue weighted by atomic mass is 9.87. The van der Waals surface area contributed by atoms with Crippen LogP contribution in [0.3, 0.4) is 0 Å². The van der Waals surface area contributed by atoms with Gasteiger partial charge in [0.1, 0.15) is 12.3 Å². The van der Waals surface area contributed by atoms with Crippen LogP contribution in [0.25, 0.3) is 11.4 Å². The summed E-state index contributed by atoms with van der Waals surface area (Å²) in [6.07, 6.45) is 0. The molecule has 0 spiro atoms. The molecule has 16 nitrogen and oxygen atoms in total. The zero-order valence-corrected chi connectivity index (χ0v) is 29.1. The number of hydrogen-bond acceptors (Lipinski definition) is 15. The molecule has 0 saturated carbocycles. The molecule has 0 unspecified atom stereocenters. The van der Waals surface area contributed by atoms with Crippen molar-refractivity contribution in [3.63, 3.8) is 0 Å². The highest BCUT2D eigenvalue weighted by atomic mass is 32.2. The van der Waals surface area contributed by atoms with E-state index >= 15 is 0 Å². The van der Waals surface area contributed by atoms with Crippen LogP contribution < -0.4 is 10.2 Å². The molecule has 0 atom stereocenters. The maximum Gasteiger partial charge on any atom is 0.323 e. The third-order valence-electron chi connectivity index (χ3n) is 7.28. The molecule has 1 aromatic heterocycles. The van der Waals surface area contributed by atoms with Crippen molar-refractivity contribution >= 4 is 64.4 Å². The molecule has 1 aliphatic heterocycles. The van der Waals surface area contributed by atoms with E-state index in [1.54, 1.807) is 35.2 Å². The van der Waals surface area contributed by atoms with Crippen molar-refractivity contribution in [1.29, 1.82) is 0 Å². The van der Waals surface area contributed by atoms with E-state index in [1.165, 1.54) is 16.9 Å². The number of aryl methyl sites for hydroxylation is 1. The summed E-state index contributed by atoms with van der Waals surface area (Å²) >= 11 is 1.29. The topological polar surface area (TPSA) is 202 Å². The molecule has 2 heterocycles. The average Bonchev–Trinajstić information content (AvgIpc) is 3.65. The van der Waals surface area contributed by atoms with Crippen molar-refractivity contribution in [3.8, 4) is 11.4 Å². The summed E-state index contributed by atoms with van der Waals surface area (Å²) < 4.78 is 8.93. The first-order valence-electron chi connectivity index (χ1n) is 15.0. The first-order valence-corrected chi connectivity index (χ1v) is 16.5. The molecule has 50 heavy (non-hydrogen) atoms. The van der Waals surface area contributed by atoms with Gasteiger partial charge in [0.15, 0.2) is 5.82 Å². The second kappa shape index (κ2) is 15.9. The fourth-order valence-corrected chi connectivity index (χ4v) is 5.94. The third-order valence-corrected chi connectivity index (χ3v) is 8.40. The summed E-state index contributed by atoms with van der Waals surface area (Å²) in [5.74, 6) is -0.484. The minimum absolute atomic E-state index is 0.104. The summed E-state index contributed by atoms with van der Waals surface area (Å²) in [5.41, 5.74) is 4.66. The van der Waals surface area contributed by atoms with Crippen molar-refractivity contribution in [1.82, 2.24) is 14.9 Å². The number of benzene rings is 3. The lowest BCUT2D eigenvalue weighted by Crippen LogP contribution is -2.29. The van der Waals surface area contributed by atoms with Gasteiger partial charge in [-0.3, -0.25) is 9.59 Å². The Bertz CT molecular complexity index is 1920. The number of aliphatic carboxylic acids is 1. The van der Waals surface area contributed by atoms with Crippen LogP contribution in [-0.2, 0) is 23.5 Å². The highest BCUT2D eigenvalue weighted by Gasteiger charge is 2.35. The quantitative estimate of drug-likeness (QED) is 0.0611. The van der Waals surface area contributed by atoms with Crippen molar-refractivity contribution in [3.05, 3.63) is 77.6 Å². The normalized spacial score (nSPS) is 13.3. The standard InChI is InChI=1S/C32H33N7O9S2/c1-6-38(17-26(40)41)22-11-12-25(18(2)13-22)34-27-28(32(3,4)5)36-39-30(27)35-29(37-39)19-7-9-21(10-8-19)33-31(42)20-14-23(49-47-45-43)16-24(15-20)50-48-46-44/h7-16,43-44H,6,17H2,1-5H3,(H,33,42)(H,40,41). The van der Waals surface area contributed by atoms with Gasteiger partial charge in [-0.25, -0.2) is 20.5 Å². The summed E-state index contributed by atoms with van der Waals surface area (Å²) in [5, 5.41) is 45.7. The number of anilines is 2. The number of carbonyl (C=O) groups is 2. The molecule has 1 aliphatic rings. The number of hydrogen-bond donors (Lipinski definition) is 4. The Labute approximate surface area is 294 Å². The first-order chi connectivity index (χ1) is 23.9. The van der Waals surface area contributed by atoms with Crippen LogP contribution in [0, 0.1) is 12.3 Å². The van der Waals surface area contributed by atoms with Crippen LogP contribution >= 0.6 is 24.1 Å². The summed E-state index contributed by atoms with van der Waals surface area (Å²) in [6.45, 7) is 10.4. The Morgan fingerprint density at radius 1 is 0.980 bits per heavy atom. The fourth-order valence-electron chi connectivity index (χ4n) is 4.95. The van der Waals surface area contributed by atoms with Gasteiger partial charge in [0.25, 0.3) is 5.91 Å². The van der Waals surface area contributed by atoms with Gasteiger partial charge in [-0.15, -0.1) is 18.6 Å². The van der Waals surface area contributed by atoms with Gasteiger partial charge >= 0.3 is 5.97 Å². The number of likely N-dealkylation sites (N-methyl/N-ethyl adjacent to an activating group) is 1. The van der Waals surface area contributed by atoms with E-state index < -0.39 is 11.9 Å². The molecular formula is C32H33N7O9S2. The number of nitrogens with one attached hydrogen (secondary N) is 1. The number of aliphatic imine (C=N–C) groups is 1. The van der Waals surface area contributed by atoms with E-state index in [0.717, 1.165) is 17.0 Å². The number of carbonyl (C=O) groups excluding carboxylic acids is 1. The molecule has 0 bridgehead atoms. The molecule has 4 N–H and O–H groups in total. The number of carboxylic acids is 1. The highest BCUT2D eigenvalue weighted by molar-refractivity contribution is 7.95. The smallest absolute Gasteiger partial charge is 0.323 e. The molecule has 4 aromatic rings. The maximum atomic E-state index is 13.1. The van der Waals surface area contributed by atoms with Crippen LogP contribution in [0.1, 0.15) is 49.4 Å². The summed E-state index contributed by atoms with van der Waals surface area (Å²) in [7, 11) is 0. The largest absolute Gasteiger partial charge is 0.480 e. The molecule has 3 aromatic carbocycles. The number of amides is 1.